The monoisotopic (exact) mass is 689 g/mol. The van der Waals surface area contributed by atoms with Gasteiger partial charge in [0.15, 0.2) is 19.2 Å². The lowest BCUT2D eigenvalue weighted by Crippen LogP contribution is -2.57. The zero-order valence-corrected chi connectivity index (χ0v) is 27.7. The molecule has 4 heterocycles. The van der Waals surface area contributed by atoms with Crippen LogP contribution < -0.4 is 14.4 Å². The molecule has 2 aliphatic heterocycles. The minimum atomic E-state index is -4.71. The highest BCUT2D eigenvalue weighted by atomic mass is 19.4. The summed E-state index contributed by atoms with van der Waals surface area (Å²) in [6, 6.07) is 4.80. The van der Waals surface area contributed by atoms with E-state index in [1.165, 1.54) is 25.4 Å². The Bertz CT molecular complexity index is 1890. The topological polar surface area (TPSA) is 99.1 Å². The summed E-state index contributed by atoms with van der Waals surface area (Å²) in [4.78, 5) is 29.4. The zero-order chi connectivity index (χ0) is 35.2. The van der Waals surface area contributed by atoms with E-state index in [2.05, 4.69) is 15.0 Å². The van der Waals surface area contributed by atoms with E-state index in [1.54, 1.807) is 49.6 Å². The highest BCUT2D eigenvalue weighted by Gasteiger charge is 2.45. The maximum atomic E-state index is 16.8. The van der Waals surface area contributed by atoms with E-state index >= 15 is 8.78 Å². The summed E-state index contributed by atoms with van der Waals surface area (Å²) in [6.07, 6.45) is -2.20. The number of aryl methyl sites for hydroxylation is 1. The highest BCUT2D eigenvalue weighted by Crippen LogP contribution is 2.41. The van der Waals surface area contributed by atoms with Gasteiger partial charge in [0.25, 0.3) is 0 Å². The van der Waals surface area contributed by atoms with Crippen molar-refractivity contribution >= 4 is 33.6 Å². The van der Waals surface area contributed by atoms with Crippen LogP contribution in [-0.2, 0) is 15.9 Å². The molecule has 0 N–H and O–H groups in total. The number of hydrogen-bond donors (Lipinski definition) is 0. The molecule has 0 spiro atoms. The van der Waals surface area contributed by atoms with Crippen molar-refractivity contribution in [2.24, 2.45) is 0 Å². The molecule has 2 aromatic carbocycles. The first kappa shape index (κ1) is 34.3. The minimum Gasteiger partial charge on any atom is -0.468 e. The Morgan fingerprint density at radius 2 is 1.73 bits per heavy atom. The Kier molecular flexibility index (Phi) is 9.15. The molecule has 2 bridgehead atoms. The number of piperazine rings is 1. The van der Waals surface area contributed by atoms with Gasteiger partial charge in [0.1, 0.15) is 34.2 Å². The van der Waals surface area contributed by atoms with E-state index in [-0.39, 0.29) is 66.4 Å². The van der Waals surface area contributed by atoms with Crippen LogP contribution in [0.25, 0.3) is 32.9 Å². The van der Waals surface area contributed by atoms with Crippen LogP contribution in [0.3, 0.4) is 0 Å². The number of carbonyl (C=O) groups excluding carboxylic acids is 1. The van der Waals surface area contributed by atoms with E-state index in [9.17, 15) is 18.0 Å². The molecule has 0 unspecified atom stereocenters. The van der Waals surface area contributed by atoms with Crippen LogP contribution >= 0.6 is 0 Å². The number of ether oxygens (including phenoxy) is 4. The number of hydrogen-bond acceptors (Lipinski definition) is 9. The SMILES string of the molecule is CCc1c(F)ccc2cc(OCOC)cc(-c3ncc4c(N5C[C@H]6CC[C@@H](C5)N6C(=O)OC(C)(C)C)nc(OCC(F)(F)F)nc4c3F)c12. The molecule has 4 aromatic rings. The van der Waals surface area contributed by atoms with Crippen molar-refractivity contribution in [3.8, 4) is 23.0 Å². The van der Waals surface area contributed by atoms with Crippen LogP contribution in [0.15, 0.2) is 30.5 Å². The van der Waals surface area contributed by atoms with Gasteiger partial charge in [-0.3, -0.25) is 9.88 Å². The third-order valence-corrected chi connectivity index (χ3v) is 8.49. The number of carbonyl (C=O) groups is 1. The fraction of sp³-hybridized carbons (Fsp3) is 0.471. The summed E-state index contributed by atoms with van der Waals surface area (Å²) < 4.78 is 92.8. The Balaban J connectivity index is 1.48. The molecule has 0 aliphatic carbocycles. The van der Waals surface area contributed by atoms with Gasteiger partial charge in [-0.05, 0) is 74.6 Å². The minimum absolute atomic E-state index is 0.111. The molecule has 1 amide bonds. The van der Waals surface area contributed by atoms with Gasteiger partial charge in [-0.25, -0.2) is 13.6 Å². The van der Waals surface area contributed by atoms with E-state index < -0.39 is 42.1 Å². The number of amides is 1. The Hall–Kier alpha value is -4.53. The largest absolute Gasteiger partial charge is 0.468 e. The zero-order valence-electron chi connectivity index (χ0n) is 27.7. The van der Waals surface area contributed by atoms with Crippen LogP contribution in [0.2, 0.25) is 0 Å². The molecule has 0 radical (unpaired) electrons. The van der Waals surface area contributed by atoms with Crippen LogP contribution in [0, 0.1) is 11.6 Å². The Morgan fingerprint density at radius 1 is 1.02 bits per heavy atom. The lowest BCUT2D eigenvalue weighted by molar-refractivity contribution is -0.154. The van der Waals surface area contributed by atoms with Crippen molar-refractivity contribution in [1.29, 1.82) is 0 Å². The molecule has 2 fully saturated rings. The summed E-state index contributed by atoms with van der Waals surface area (Å²) in [6.45, 7) is 5.80. The van der Waals surface area contributed by atoms with Crippen LogP contribution in [0.5, 0.6) is 11.8 Å². The van der Waals surface area contributed by atoms with Gasteiger partial charge in [0.05, 0.1) is 17.5 Å². The molecule has 2 saturated heterocycles. The number of fused-ring (bicyclic) bond motifs is 4. The van der Waals surface area contributed by atoms with Gasteiger partial charge < -0.3 is 23.8 Å². The first-order valence-corrected chi connectivity index (χ1v) is 15.9. The molecule has 49 heavy (non-hydrogen) atoms. The summed E-state index contributed by atoms with van der Waals surface area (Å²) in [7, 11) is 1.44. The molecular weight excluding hydrogens is 653 g/mol. The molecule has 10 nitrogen and oxygen atoms in total. The number of rotatable bonds is 8. The fourth-order valence-electron chi connectivity index (χ4n) is 6.58. The van der Waals surface area contributed by atoms with Crippen LogP contribution in [0.4, 0.5) is 32.6 Å². The standard InChI is InChI=1S/C34H36F5N5O5/c1-6-22-25(35)10-7-18-11-21(48-17-46-5)12-23(26(18)22)28-27(36)29-24(13-40-28)30(42-31(41-29)47-16-34(37,38)39)43-14-19-8-9-20(15-43)44(19)32(45)49-33(2,3)4/h7,10-13,19-20H,6,8-9,14-17H2,1-5H3/t19-,20+. The van der Waals surface area contributed by atoms with Crippen LogP contribution in [0.1, 0.15) is 46.1 Å². The van der Waals surface area contributed by atoms with Crippen molar-refractivity contribution in [2.45, 2.75) is 70.8 Å². The molecule has 2 aliphatic rings. The van der Waals surface area contributed by atoms with E-state index in [1.807, 2.05) is 0 Å². The van der Waals surface area contributed by atoms with Gasteiger partial charge in [-0.1, -0.05) is 13.0 Å². The van der Waals surface area contributed by atoms with Crippen molar-refractivity contribution in [3.63, 3.8) is 0 Å². The second-order valence-electron chi connectivity index (χ2n) is 13.1. The number of halogens is 5. The van der Waals surface area contributed by atoms with Crippen molar-refractivity contribution in [3.05, 3.63) is 47.7 Å². The maximum absolute atomic E-state index is 16.8. The van der Waals surface area contributed by atoms with E-state index in [4.69, 9.17) is 18.9 Å². The molecule has 262 valence electrons. The predicted octanol–water partition coefficient (Wildman–Crippen LogP) is 7.20. The Morgan fingerprint density at radius 3 is 2.37 bits per heavy atom. The number of aromatic nitrogens is 3. The van der Waals surface area contributed by atoms with Gasteiger partial charge in [-0.15, -0.1) is 0 Å². The third-order valence-electron chi connectivity index (χ3n) is 8.49. The van der Waals surface area contributed by atoms with Crippen LogP contribution in [-0.4, -0.2) is 83.4 Å². The summed E-state index contributed by atoms with van der Waals surface area (Å²) in [5.74, 6) is -1.04. The summed E-state index contributed by atoms with van der Waals surface area (Å²) in [5.41, 5.74) is -0.738. The second kappa shape index (κ2) is 13.1. The molecule has 15 heteroatoms. The fourth-order valence-corrected chi connectivity index (χ4v) is 6.58. The average molecular weight is 690 g/mol. The van der Waals surface area contributed by atoms with Crippen molar-refractivity contribution < 1.29 is 45.7 Å². The number of anilines is 1. The third kappa shape index (κ3) is 6.98. The molecule has 0 saturated carbocycles. The second-order valence-corrected chi connectivity index (χ2v) is 13.1. The van der Waals surface area contributed by atoms with Crippen molar-refractivity contribution in [1.82, 2.24) is 19.9 Å². The molecular formula is C34H36F5N5O5. The lowest BCUT2D eigenvalue weighted by Gasteiger charge is -2.42. The molecule has 6 rings (SSSR count). The lowest BCUT2D eigenvalue weighted by atomic mass is 9.94. The van der Waals surface area contributed by atoms with Gasteiger partial charge in [0.2, 0.25) is 0 Å². The normalized spacial score (nSPS) is 18.0. The Labute approximate surface area is 279 Å². The molecule has 2 atom stereocenters. The number of benzene rings is 2. The highest BCUT2D eigenvalue weighted by molar-refractivity contribution is 6.02. The number of pyridine rings is 1. The molecule has 2 aromatic heterocycles. The van der Waals surface area contributed by atoms with Gasteiger partial charge in [0, 0.05) is 32.0 Å². The quantitative estimate of drug-likeness (QED) is 0.141. The smallest absolute Gasteiger partial charge is 0.422 e. The number of alkyl halides is 3. The van der Waals surface area contributed by atoms with E-state index in [0.29, 0.717) is 34.9 Å². The van der Waals surface area contributed by atoms with E-state index in [0.717, 1.165) is 0 Å². The van der Waals surface area contributed by atoms with Gasteiger partial charge in [-0.2, -0.15) is 23.1 Å². The number of nitrogens with zero attached hydrogens (tertiary/aromatic N) is 5. The predicted molar refractivity (Wildman–Crippen MR) is 171 cm³/mol. The average Bonchev–Trinajstić information content (AvgIpc) is 3.31. The maximum Gasteiger partial charge on any atom is 0.422 e. The summed E-state index contributed by atoms with van der Waals surface area (Å²) >= 11 is 0. The first-order valence-electron chi connectivity index (χ1n) is 15.9. The number of methoxy groups -OCH3 is 1. The van der Waals surface area contributed by atoms with Crippen molar-refractivity contribution in [2.75, 3.05) is 38.5 Å². The van der Waals surface area contributed by atoms with Gasteiger partial charge >= 0.3 is 18.3 Å². The summed E-state index contributed by atoms with van der Waals surface area (Å²) in [5, 5.41) is 1.08. The first-order chi connectivity index (χ1) is 23.2.